The Morgan fingerprint density at radius 3 is 3.00 bits per heavy atom. The first-order chi connectivity index (χ1) is 8.25. The second-order valence-corrected chi connectivity index (χ2v) is 4.69. The van der Waals surface area contributed by atoms with Crippen LogP contribution < -0.4 is 10.1 Å². The maximum atomic E-state index is 9.07. The summed E-state index contributed by atoms with van der Waals surface area (Å²) in [5.41, 5.74) is 2.92. The molecule has 94 valence electrons. The third-order valence-electron chi connectivity index (χ3n) is 3.06. The minimum atomic E-state index is -0.296. The highest BCUT2D eigenvalue weighted by Crippen LogP contribution is 2.25. The number of nitrogens with one attached hydrogen (secondary N) is 1. The average Bonchev–Trinajstić information content (AvgIpc) is 2.75. The standard InChI is InChI=1S/C14H21NO2/c1-11(16)10-15-7-8-17-14-6-5-12-3-2-4-13(12)9-14/h5-6,9,11,15-16H,2-4,7-8,10H2,1H3/t11-/m1/s1. The van der Waals surface area contributed by atoms with Crippen LogP contribution in [0.3, 0.4) is 0 Å². The molecule has 0 aliphatic heterocycles. The lowest BCUT2D eigenvalue weighted by molar-refractivity contribution is 0.188. The van der Waals surface area contributed by atoms with Crippen molar-refractivity contribution in [2.24, 2.45) is 0 Å². The van der Waals surface area contributed by atoms with Gasteiger partial charge in [0.05, 0.1) is 6.10 Å². The second-order valence-electron chi connectivity index (χ2n) is 4.69. The molecule has 0 heterocycles. The molecule has 2 rings (SSSR count). The predicted octanol–water partition coefficient (Wildman–Crippen LogP) is 1.52. The van der Waals surface area contributed by atoms with Crippen LogP contribution in [0.15, 0.2) is 18.2 Å². The molecule has 17 heavy (non-hydrogen) atoms. The Morgan fingerprint density at radius 1 is 1.35 bits per heavy atom. The van der Waals surface area contributed by atoms with Crippen LogP contribution in [0.2, 0.25) is 0 Å². The van der Waals surface area contributed by atoms with Crippen molar-refractivity contribution in [3.8, 4) is 5.75 Å². The summed E-state index contributed by atoms with van der Waals surface area (Å²) in [6, 6.07) is 6.40. The number of aliphatic hydroxyl groups is 1. The number of hydrogen-bond acceptors (Lipinski definition) is 3. The fourth-order valence-electron chi connectivity index (χ4n) is 2.19. The highest BCUT2D eigenvalue weighted by Gasteiger charge is 2.10. The van der Waals surface area contributed by atoms with Gasteiger partial charge in [0.2, 0.25) is 0 Å². The topological polar surface area (TPSA) is 41.5 Å². The normalized spacial score (nSPS) is 15.6. The van der Waals surface area contributed by atoms with E-state index in [1.54, 1.807) is 6.92 Å². The van der Waals surface area contributed by atoms with E-state index in [0.717, 1.165) is 12.3 Å². The molecule has 1 atom stereocenters. The summed E-state index contributed by atoms with van der Waals surface area (Å²) in [6.45, 7) is 3.80. The van der Waals surface area contributed by atoms with E-state index >= 15 is 0 Å². The quantitative estimate of drug-likeness (QED) is 0.735. The van der Waals surface area contributed by atoms with E-state index in [9.17, 15) is 0 Å². The first kappa shape index (κ1) is 12.4. The molecule has 3 nitrogen and oxygen atoms in total. The Labute approximate surface area is 103 Å². The minimum Gasteiger partial charge on any atom is -0.492 e. The van der Waals surface area contributed by atoms with Gasteiger partial charge in [0.1, 0.15) is 12.4 Å². The molecule has 1 aliphatic rings. The number of fused-ring (bicyclic) bond motifs is 1. The fraction of sp³-hybridized carbons (Fsp3) is 0.571. The summed E-state index contributed by atoms with van der Waals surface area (Å²) in [4.78, 5) is 0. The summed E-state index contributed by atoms with van der Waals surface area (Å²) in [5, 5.41) is 12.2. The zero-order chi connectivity index (χ0) is 12.1. The molecule has 0 unspecified atom stereocenters. The zero-order valence-electron chi connectivity index (χ0n) is 10.4. The summed E-state index contributed by atoms with van der Waals surface area (Å²) >= 11 is 0. The van der Waals surface area contributed by atoms with Crippen molar-refractivity contribution in [1.29, 1.82) is 0 Å². The van der Waals surface area contributed by atoms with Gasteiger partial charge >= 0.3 is 0 Å². The van der Waals surface area contributed by atoms with Gasteiger partial charge in [0, 0.05) is 13.1 Å². The lowest BCUT2D eigenvalue weighted by Gasteiger charge is -2.10. The van der Waals surface area contributed by atoms with Gasteiger partial charge in [-0.1, -0.05) is 6.07 Å². The van der Waals surface area contributed by atoms with E-state index in [1.807, 2.05) is 0 Å². The van der Waals surface area contributed by atoms with E-state index in [2.05, 4.69) is 23.5 Å². The van der Waals surface area contributed by atoms with Crippen molar-refractivity contribution in [3.05, 3.63) is 29.3 Å². The fourth-order valence-corrected chi connectivity index (χ4v) is 2.19. The highest BCUT2D eigenvalue weighted by atomic mass is 16.5. The van der Waals surface area contributed by atoms with Crippen LogP contribution in [0.5, 0.6) is 5.75 Å². The maximum Gasteiger partial charge on any atom is 0.119 e. The second kappa shape index (κ2) is 6.03. The first-order valence-corrected chi connectivity index (χ1v) is 6.39. The molecular weight excluding hydrogens is 214 g/mol. The lowest BCUT2D eigenvalue weighted by atomic mass is 10.1. The summed E-state index contributed by atoms with van der Waals surface area (Å²) in [7, 11) is 0. The predicted molar refractivity (Wildman–Crippen MR) is 68.5 cm³/mol. The molecule has 1 aromatic carbocycles. The van der Waals surface area contributed by atoms with Crippen molar-refractivity contribution < 1.29 is 9.84 Å². The third-order valence-corrected chi connectivity index (χ3v) is 3.06. The van der Waals surface area contributed by atoms with Crippen LogP contribution >= 0.6 is 0 Å². The molecule has 2 N–H and O–H groups in total. The molecule has 0 fully saturated rings. The third kappa shape index (κ3) is 3.72. The molecule has 0 radical (unpaired) electrons. The average molecular weight is 235 g/mol. The highest BCUT2D eigenvalue weighted by molar-refractivity contribution is 5.38. The van der Waals surface area contributed by atoms with Gasteiger partial charge in [0.15, 0.2) is 0 Å². The van der Waals surface area contributed by atoms with Crippen molar-refractivity contribution >= 4 is 0 Å². The van der Waals surface area contributed by atoms with Crippen LogP contribution in [-0.2, 0) is 12.8 Å². The van der Waals surface area contributed by atoms with E-state index < -0.39 is 0 Å². The van der Waals surface area contributed by atoms with Crippen LogP contribution in [0, 0.1) is 0 Å². The Kier molecular flexibility index (Phi) is 4.40. The van der Waals surface area contributed by atoms with Crippen LogP contribution in [0.25, 0.3) is 0 Å². The molecule has 3 heteroatoms. The molecule has 0 amide bonds. The molecule has 0 spiro atoms. The van der Waals surface area contributed by atoms with Gasteiger partial charge in [0.25, 0.3) is 0 Å². The van der Waals surface area contributed by atoms with E-state index in [1.165, 1.54) is 30.4 Å². The first-order valence-electron chi connectivity index (χ1n) is 6.39. The Morgan fingerprint density at radius 2 is 2.18 bits per heavy atom. The van der Waals surface area contributed by atoms with E-state index in [4.69, 9.17) is 9.84 Å². The number of rotatable bonds is 6. The number of hydrogen-bond donors (Lipinski definition) is 2. The van der Waals surface area contributed by atoms with Crippen LogP contribution in [-0.4, -0.2) is 30.9 Å². The van der Waals surface area contributed by atoms with Crippen molar-refractivity contribution in [2.75, 3.05) is 19.7 Å². The lowest BCUT2D eigenvalue weighted by Crippen LogP contribution is -2.28. The summed E-state index contributed by atoms with van der Waals surface area (Å²) in [5.74, 6) is 0.962. The number of benzene rings is 1. The largest absolute Gasteiger partial charge is 0.492 e. The van der Waals surface area contributed by atoms with Gasteiger partial charge in [-0.15, -0.1) is 0 Å². The molecule has 1 aliphatic carbocycles. The Balaban J connectivity index is 1.72. The van der Waals surface area contributed by atoms with Gasteiger partial charge in [-0.3, -0.25) is 0 Å². The van der Waals surface area contributed by atoms with Crippen LogP contribution in [0.1, 0.15) is 24.5 Å². The monoisotopic (exact) mass is 235 g/mol. The molecule has 1 aromatic rings. The van der Waals surface area contributed by atoms with Gasteiger partial charge in [-0.25, -0.2) is 0 Å². The van der Waals surface area contributed by atoms with Crippen molar-refractivity contribution in [3.63, 3.8) is 0 Å². The van der Waals surface area contributed by atoms with Crippen molar-refractivity contribution in [2.45, 2.75) is 32.3 Å². The van der Waals surface area contributed by atoms with Gasteiger partial charge in [-0.05, 0) is 49.4 Å². The van der Waals surface area contributed by atoms with E-state index in [-0.39, 0.29) is 6.10 Å². The smallest absolute Gasteiger partial charge is 0.119 e. The van der Waals surface area contributed by atoms with Gasteiger partial charge < -0.3 is 15.2 Å². The maximum absolute atomic E-state index is 9.07. The van der Waals surface area contributed by atoms with Gasteiger partial charge in [-0.2, -0.15) is 0 Å². The molecular formula is C14H21NO2. The van der Waals surface area contributed by atoms with Crippen molar-refractivity contribution in [1.82, 2.24) is 5.32 Å². The summed E-state index contributed by atoms with van der Waals surface area (Å²) in [6.07, 6.45) is 3.38. The number of ether oxygens (including phenoxy) is 1. The van der Waals surface area contributed by atoms with E-state index in [0.29, 0.717) is 13.2 Å². The molecule has 0 aromatic heterocycles. The minimum absolute atomic E-state index is 0.296. The number of aryl methyl sites for hydroxylation is 2. The zero-order valence-corrected chi connectivity index (χ0v) is 10.4. The Bertz CT molecular complexity index is 363. The molecule has 0 saturated carbocycles. The SMILES string of the molecule is C[C@@H](O)CNCCOc1ccc2c(c1)CCC2. The summed E-state index contributed by atoms with van der Waals surface area (Å²) < 4.78 is 5.67. The molecule has 0 saturated heterocycles. The number of aliphatic hydroxyl groups excluding tert-OH is 1. The Hall–Kier alpha value is -1.06. The van der Waals surface area contributed by atoms with Crippen LogP contribution in [0.4, 0.5) is 0 Å². The molecule has 0 bridgehead atoms.